The minimum atomic E-state index is -3.70. The maximum Gasteiger partial charge on any atom is 0.329 e. The molecule has 1 fully saturated rings. The molecule has 1 aromatic rings. The van der Waals surface area contributed by atoms with Crippen LogP contribution in [0.15, 0.2) is 29.2 Å². The minimum absolute atomic E-state index is 0.184. The lowest BCUT2D eigenvalue weighted by Crippen LogP contribution is -2.23. The normalized spacial score (nSPS) is 21.5. The third kappa shape index (κ3) is 5.89. The van der Waals surface area contributed by atoms with Gasteiger partial charge in [0.15, 0.2) is 0 Å². The number of aryl methyl sites for hydroxylation is 1. The van der Waals surface area contributed by atoms with E-state index in [0.717, 1.165) is 31.2 Å². The summed E-state index contributed by atoms with van der Waals surface area (Å²) >= 11 is 0. The van der Waals surface area contributed by atoms with Gasteiger partial charge in [0, 0.05) is 0 Å². The molecule has 0 unspecified atom stereocenters. The third-order valence-corrected chi connectivity index (χ3v) is 5.61. The Labute approximate surface area is 142 Å². The lowest BCUT2D eigenvalue weighted by Gasteiger charge is -2.27. The van der Waals surface area contributed by atoms with E-state index in [4.69, 9.17) is 14.0 Å². The first-order valence-electron chi connectivity index (χ1n) is 8.12. The fourth-order valence-electron chi connectivity index (χ4n) is 2.84. The highest BCUT2D eigenvalue weighted by Crippen LogP contribution is 2.30. The van der Waals surface area contributed by atoms with Crippen molar-refractivity contribution >= 4 is 16.1 Å². The van der Waals surface area contributed by atoms with Crippen molar-refractivity contribution in [3.63, 3.8) is 0 Å². The minimum Gasteiger partial charge on any atom is -0.480 e. The largest absolute Gasteiger partial charge is 0.480 e. The molecule has 0 radical (unpaired) electrons. The van der Waals surface area contributed by atoms with E-state index < -0.39 is 16.1 Å². The molecular weight excluding hydrogens is 332 g/mol. The van der Waals surface area contributed by atoms with Crippen LogP contribution in [0.3, 0.4) is 0 Å². The van der Waals surface area contributed by atoms with Gasteiger partial charge in [-0.15, -0.1) is 0 Å². The smallest absolute Gasteiger partial charge is 0.329 e. The van der Waals surface area contributed by atoms with E-state index in [1.54, 1.807) is 24.3 Å². The van der Waals surface area contributed by atoms with Gasteiger partial charge in [-0.3, -0.25) is 4.18 Å². The summed E-state index contributed by atoms with van der Waals surface area (Å²) in [4.78, 5) is 10.6. The topological polar surface area (TPSA) is 89.9 Å². The van der Waals surface area contributed by atoms with E-state index in [2.05, 4.69) is 0 Å². The maximum atomic E-state index is 12.2. The summed E-state index contributed by atoms with van der Waals surface area (Å²) < 4.78 is 34.6. The molecule has 0 saturated heterocycles. The number of rotatable bonds is 8. The number of carbonyl (C=O) groups is 1. The molecule has 24 heavy (non-hydrogen) atoms. The molecule has 1 N–H and O–H groups in total. The van der Waals surface area contributed by atoms with E-state index in [0.29, 0.717) is 12.5 Å². The summed E-state index contributed by atoms with van der Waals surface area (Å²) in [7, 11) is -3.70. The van der Waals surface area contributed by atoms with Gasteiger partial charge in [-0.05, 0) is 56.6 Å². The predicted molar refractivity (Wildman–Crippen MR) is 88.2 cm³/mol. The number of benzene rings is 1. The summed E-state index contributed by atoms with van der Waals surface area (Å²) in [6.07, 6.45) is 3.53. The number of carboxylic acids is 1. The Bertz CT molecular complexity index is 630. The molecule has 134 valence electrons. The van der Waals surface area contributed by atoms with Crippen LogP contribution in [0, 0.1) is 18.8 Å². The predicted octanol–water partition coefficient (Wildman–Crippen LogP) is 2.61. The first-order chi connectivity index (χ1) is 11.4. The van der Waals surface area contributed by atoms with Crippen molar-refractivity contribution in [2.45, 2.75) is 37.5 Å². The van der Waals surface area contributed by atoms with Crippen molar-refractivity contribution in [3.05, 3.63) is 29.8 Å². The number of carboxylic acid groups (broad SMARTS) is 1. The van der Waals surface area contributed by atoms with Gasteiger partial charge in [0.2, 0.25) is 0 Å². The number of hydrogen-bond donors (Lipinski definition) is 1. The van der Waals surface area contributed by atoms with Crippen LogP contribution >= 0.6 is 0 Å². The van der Waals surface area contributed by atoms with Gasteiger partial charge < -0.3 is 9.84 Å². The molecule has 1 aromatic carbocycles. The van der Waals surface area contributed by atoms with E-state index in [1.807, 2.05) is 6.92 Å². The van der Waals surface area contributed by atoms with Gasteiger partial charge in [0.25, 0.3) is 10.1 Å². The molecule has 1 saturated carbocycles. The van der Waals surface area contributed by atoms with Crippen molar-refractivity contribution < 1.29 is 27.2 Å². The number of ether oxygens (including phenoxy) is 1. The SMILES string of the molecule is Cc1ccc(S(=O)(=O)OCC2CCC(COCC(=O)O)CC2)cc1. The second-order valence-electron chi connectivity index (χ2n) is 6.35. The lowest BCUT2D eigenvalue weighted by atomic mass is 9.83. The molecular formula is C17H24O6S. The highest BCUT2D eigenvalue weighted by atomic mass is 32.2. The van der Waals surface area contributed by atoms with Crippen LogP contribution < -0.4 is 0 Å². The third-order valence-electron chi connectivity index (χ3n) is 4.31. The van der Waals surface area contributed by atoms with E-state index in [1.165, 1.54) is 0 Å². The average molecular weight is 356 g/mol. The first-order valence-corrected chi connectivity index (χ1v) is 9.53. The Morgan fingerprint density at radius 1 is 1.08 bits per heavy atom. The fourth-order valence-corrected chi connectivity index (χ4v) is 3.81. The molecule has 1 aliphatic carbocycles. The highest BCUT2D eigenvalue weighted by molar-refractivity contribution is 7.86. The monoisotopic (exact) mass is 356 g/mol. The van der Waals surface area contributed by atoms with Crippen molar-refractivity contribution in [2.24, 2.45) is 11.8 Å². The Hall–Kier alpha value is -1.44. The molecule has 0 heterocycles. The quantitative estimate of drug-likeness (QED) is 0.720. The van der Waals surface area contributed by atoms with Crippen molar-refractivity contribution in [1.82, 2.24) is 0 Å². The maximum absolute atomic E-state index is 12.2. The Morgan fingerprint density at radius 3 is 2.17 bits per heavy atom. The van der Waals surface area contributed by atoms with E-state index in [9.17, 15) is 13.2 Å². The fraction of sp³-hybridized carbons (Fsp3) is 0.588. The molecule has 6 nitrogen and oxygen atoms in total. The first kappa shape index (κ1) is 18.9. The molecule has 1 aliphatic rings. The Kier molecular flexibility index (Phi) is 6.77. The summed E-state index contributed by atoms with van der Waals surface area (Å²) in [5.41, 5.74) is 0.998. The molecule has 0 bridgehead atoms. The average Bonchev–Trinajstić information content (AvgIpc) is 2.54. The van der Waals surface area contributed by atoms with Crippen LogP contribution in [0.4, 0.5) is 0 Å². The molecule has 0 aliphatic heterocycles. The highest BCUT2D eigenvalue weighted by Gasteiger charge is 2.24. The summed E-state index contributed by atoms with van der Waals surface area (Å²) in [6.45, 7) is 2.27. The van der Waals surface area contributed by atoms with Crippen LogP contribution in [0.25, 0.3) is 0 Å². The number of hydrogen-bond acceptors (Lipinski definition) is 5. The molecule has 0 amide bonds. The van der Waals surface area contributed by atoms with Crippen LogP contribution in [-0.2, 0) is 23.8 Å². The molecule has 0 aromatic heterocycles. The van der Waals surface area contributed by atoms with Gasteiger partial charge >= 0.3 is 5.97 Å². The second-order valence-corrected chi connectivity index (χ2v) is 7.96. The molecule has 2 rings (SSSR count). The zero-order chi connectivity index (χ0) is 17.6. The van der Waals surface area contributed by atoms with Crippen LogP contribution in [0.5, 0.6) is 0 Å². The Balaban J connectivity index is 1.74. The second kappa shape index (κ2) is 8.60. The van der Waals surface area contributed by atoms with Crippen molar-refractivity contribution in [1.29, 1.82) is 0 Å². The van der Waals surface area contributed by atoms with Gasteiger partial charge in [-0.25, -0.2) is 4.79 Å². The molecule has 0 spiro atoms. The summed E-state index contributed by atoms with van der Waals surface area (Å²) in [6, 6.07) is 6.61. The van der Waals surface area contributed by atoms with Gasteiger partial charge in [-0.1, -0.05) is 17.7 Å². The van der Waals surface area contributed by atoms with Crippen LogP contribution in [0.1, 0.15) is 31.2 Å². The van der Waals surface area contributed by atoms with Crippen LogP contribution in [-0.4, -0.2) is 39.3 Å². The zero-order valence-electron chi connectivity index (χ0n) is 13.8. The number of aliphatic carboxylic acids is 1. The molecule has 7 heteroatoms. The summed E-state index contributed by atoms with van der Waals surface area (Å²) in [5.74, 6) is -0.409. The lowest BCUT2D eigenvalue weighted by molar-refractivity contribution is -0.142. The molecule has 0 atom stereocenters. The van der Waals surface area contributed by atoms with E-state index >= 15 is 0 Å². The van der Waals surface area contributed by atoms with E-state index in [-0.39, 0.29) is 24.0 Å². The summed E-state index contributed by atoms with van der Waals surface area (Å²) in [5, 5.41) is 8.54. The van der Waals surface area contributed by atoms with Crippen LogP contribution in [0.2, 0.25) is 0 Å². The van der Waals surface area contributed by atoms with Crippen molar-refractivity contribution in [2.75, 3.05) is 19.8 Å². The standard InChI is InChI=1S/C17H24O6S/c1-13-2-8-16(9-3-13)24(20,21)23-11-15-6-4-14(5-7-15)10-22-12-17(18)19/h2-3,8-9,14-15H,4-7,10-12H2,1H3,(H,18,19). The zero-order valence-corrected chi connectivity index (χ0v) is 14.6. The van der Waals surface area contributed by atoms with Gasteiger partial charge in [-0.2, -0.15) is 8.42 Å². The van der Waals surface area contributed by atoms with Crippen molar-refractivity contribution in [3.8, 4) is 0 Å². The van der Waals surface area contributed by atoms with Gasteiger partial charge in [0.05, 0.1) is 18.1 Å². The van der Waals surface area contributed by atoms with Gasteiger partial charge in [0.1, 0.15) is 6.61 Å². The Morgan fingerprint density at radius 2 is 1.62 bits per heavy atom.